The number of benzene rings is 3. The van der Waals surface area contributed by atoms with E-state index in [9.17, 15) is 18.5 Å². The Morgan fingerprint density at radius 1 is 1.06 bits per heavy atom. The molecule has 0 saturated carbocycles. The highest BCUT2D eigenvalue weighted by atomic mass is 35.5. The highest BCUT2D eigenvalue weighted by molar-refractivity contribution is 7.95. The van der Waals surface area contributed by atoms with Crippen LogP contribution in [0.15, 0.2) is 72.1 Å². The summed E-state index contributed by atoms with van der Waals surface area (Å²) in [6, 6.07) is 17.4. The Kier molecular flexibility index (Phi) is 7.34. The highest BCUT2D eigenvalue weighted by Gasteiger charge is 2.11. The van der Waals surface area contributed by atoms with Crippen molar-refractivity contribution in [1.29, 1.82) is 0 Å². The molecule has 10 heteroatoms. The van der Waals surface area contributed by atoms with Crippen LogP contribution in [0.2, 0.25) is 5.02 Å². The van der Waals surface area contributed by atoms with Gasteiger partial charge in [0.15, 0.2) is 11.5 Å². The number of non-ortho nitro benzene ring substituents is 1. The number of nitro benzene ring substituents is 1. The number of methoxy groups -OCH3 is 1. The molecule has 0 saturated heterocycles. The summed E-state index contributed by atoms with van der Waals surface area (Å²) in [6.45, 7) is 0.208. The number of ether oxygens (including phenoxy) is 2. The summed E-state index contributed by atoms with van der Waals surface area (Å²) in [5, 5.41) is 12.4. The van der Waals surface area contributed by atoms with Crippen molar-refractivity contribution >= 4 is 39.1 Å². The summed E-state index contributed by atoms with van der Waals surface area (Å²) >= 11 is 5.98. The third-order valence-electron chi connectivity index (χ3n) is 4.23. The molecule has 0 heterocycles. The van der Waals surface area contributed by atoms with E-state index in [0.717, 1.165) is 11.0 Å². The normalized spacial score (nSPS) is 11.3. The second kappa shape index (κ2) is 10.2. The predicted octanol–water partition coefficient (Wildman–Crippen LogP) is 5.25. The van der Waals surface area contributed by atoms with Crippen LogP contribution in [0.4, 0.5) is 11.4 Å². The Balaban J connectivity index is 1.75. The molecule has 0 aromatic heterocycles. The van der Waals surface area contributed by atoms with Crippen molar-refractivity contribution in [3.05, 3.63) is 98.4 Å². The molecule has 166 valence electrons. The lowest BCUT2D eigenvalue weighted by Crippen LogP contribution is -2.09. The van der Waals surface area contributed by atoms with Gasteiger partial charge in [-0.2, -0.15) is 0 Å². The zero-order valence-electron chi connectivity index (χ0n) is 16.9. The minimum Gasteiger partial charge on any atom is -0.493 e. The number of anilines is 1. The Labute approximate surface area is 190 Å². The molecule has 0 fully saturated rings. The van der Waals surface area contributed by atoms with Crippen LogP contribution in [-0.2, 0) is 16.6 Å². The molecule has 1 N–H and O–H groups in total. The van der Waals surface area contributed by atoms with Crippen LogP contribution >= 0.6 is 11.6 Å². The van der Waals surface area contributed by atoms with Gasteiger partial charge < -0.3 is 9.47 Å². The Morgan fingerprint density at radius 3 is 2.56 bits per heavy atom. The number of sulfonamides is 1. The fraction of sp³-hybridized carbons (Fsp3) is 0.0909. The van der Waals surface area contributed by atoms with E-state index in [1.54, 1.807) is 30.3 Å². The minimum atomic E-state index is -3.89. The van der Waals surface area contributed by atoms with E-state index >= 15 is 0 Å². The predicted molar refractivity (Wildman–Crippen MR) is 123 cm³/mol. The van der Waals surface area contributed by atoms with Gasteiger partial charge in [0.1, 0.15) is 6.61 Å². The van der Waals surface area contributed by atoms with Gasteiger partial charge >= 0.3 is 0 Å². The first-order chi connectivity index (χ1) is 15.3. The lowest BCUT2D eigenvalue weighted by Gasteiger charge is -2.13. The van der Waals surface area contributed by atoms with Crippen LogP contribution in [0.1, 0.15) is 11.1 Å². The van der Waals surface area contributed by atoms with E-state index < -0.39 is 14.9 Å². The number of rotatable bonds is 9. The summed E-state index contributed by atoms with van der Waals surface area (Å²) < 4.78 is 38.4. The summed E-state index contributed by atoms with van der Waals surface area (Å²) in [7, 11) is -2.41. The van der Waals surface area contributed by atoms with Crippen molar-refractivity contribution in [3.8, 4) is 11.5 Å². The van der Waals surface area contributed by atoms with Crippen molar-refractivity contribution < 1.29 is 22.8 Å². The summed E-state index contributed by atoms with van der Waals surface area (Å²) in [4.78, 5) is 10.3. The first kappa shape index (κ1) is 23.1. The van der Waals surface area contributed by atoms with Crippen LogP contribution in [0.25, 0.3) is 6.08 Å². The molecule has 0 amide bonds. The Bertz CT molecular complexity index is 1260. The van der Waals surface area contributed by atoms with E-state index in [1.807, 2.05) is 6.07 Å². The maximum Gasteiger partial charge on any atom is 0.270 e. The van der Waals surface area contributed by atoms with E-state index in [-0.39, 0.29) is 18.0 Å². The number of nitrogens with zero attached hydrogens (tertiary/aromatic N) is 1. The van der Waals surface area contributed by atoms with Crippen molar-refractivity contribution in [3.63, 3.8) is 0 Å². The van der Waals surface area contributed by atoms with Crippen LogP contribution < -0.4 is 14.2 Å². The zero-order valence-corrected chi connectivity index (χ0v) is 18.5. The first-order valence-electron chi connectivity index (χ1n) is 9.26. The zero-order chi connectivity index (χ0) is 23.1. The smallest absolute Gasteiger partial charge is 0.270 e. The van der Waals surface area contributed by atoms with Gasteiger partial charge in [-0.1, -0.05) is 35.9 Å². The van der Waals surface area contributed by atoms with Gasteiger partial charge in [0.2, 0.25) is 0 Å². The topological polar surface area (TPSA) is 108 Å². The molecule has 32 heavy (non-hydrogen) atoms. The lowest BCUT2D eigenvalue weighted by molar-refractivity contribution is -0.384. The minimum absolute atomic E-state index is 0.130. The van der Waals surface area contributed by atoms with Gasteiger partial charge in [0.05, 0.1) is 23.1 Å². The molecule has 8 nitrogen and oxygen atoms in total. The molecule has 3 aromatic carbocycles. The molecule has 0 bridgehead atoms. The quantitative estimate of drug-likeness (QED) is 0.335. The molecular weight excluding hydrogens is 456 g/mol. The van der Waals surface area contributed by atoms with Crippen LogP contribution in [0, 0.1) is 10.1 Å². The third-order valence-corrected chi connectivity index (χ3v) is 5.48. The summed E-state index contributed by atoms with van der Waals surface area (Å²) in [6.07, 6.45) is 1.27. The van der Waals surface area contributed by atoms with E-state index in [0.29, 0.717) is 22.1 Å². The molecule has 0 radical (unpaired) electrons. The average Bonchev–Trinajstić information content (AvgIpc) is 2.76. The molecule has 3 aromatic rings. The van der Waals surface area contributed by atoms with Crippen molar-refractivity contribution in [2.45, 2.75) is 6.61 Å². The van der Waals surface area contributed by atoms with Gasteiger partial charge in [-0.05, 0) is 41.5 Å². The number of hydrogen-bond donors (Lipinski definition) is 1. The van der Waals surface area contributed by atoms with Gasteiger partial charge in [-0.25, -0.2) is 8.42 Å². The van der Waals surface area contributed by atoms with Gasteiger partial charge in [0.25, 0.3) is 15.7 Å². The Morgan fingerprint density at radius 2 is 1.84 bits per heavy atom. The second-order valence-corrected chi connectivity index (χ2v) is 8.59. The molecular formula is C22H19ClN2O6S. The first-order valence-corrected chi connectivity index (χ1v) is 11.2. The monoisotopic (exact) mass is 474 g/mol. The van der Waals surface area contributed by atoms with E-state index in [4.69, 9.17) is 21.1 Å². The average molecular weight is 475 g/mol. The molecule has 0 atom stereocenters. The molecule has 0 aliphatic carbocycles. The van der Waals surface area contributed by atoms with E-state index in [2.05, 4.69) is 4.72 Å². The fourth-order valence-corrected chi connectivity index (χ4v) is 3.82. The number of nitro groups is 1. The number of hydrogen-bond acceptors (Lipinski definition) is 6. The lowest BCUT2D eigenvalue weighted by atomic mass is 10.2. The number of halogens is 1. The fourth-order valence-electron chi connectivity index (χ4n) is 2.75. The molecule has 0 unspecified atom stereocenters. The van der Waals surface area contributed by atoms with Crippen LogP contribution in [-0.4, -0.2) is 20.5 Å². The van der Waals surface area contributed by atoms with Gasteiger partial charge in [-0.3, -0.25) is 14.8 Å². The van der Waals surface area contributed by atoms with Crippen molar-refractivity contribution in [2.24, 2.45) is 0 Å². The van der Waals surface area contributed by atoms with Gasteiger partial charge in [-0.15, -0.1) is 0 Å². The van der Waals surface area contributed by atoms with Crippen molar-refractivity contribution in [2.75, 3.05) is 11.8 Å². The Hall–Kier alpha value is -3.56. The maximum absolute atomic E-state index is 12.5. The molecule has 3 rings (SSSR count). The van der Waals surface area contributed by atoms with Crippen LogP contribution in [0.5, 0.6) is 11.5 Å². The third kappa shape index (κ3) is 6.47. The standard InChI is InChI=1S/C22H19ClN2O6S/c1-30-21-9-8-19(14-22(21)31-15-17-5-2-6-18(23)12-17)24-32(28,29)11-10-16-4-3-7-20(13-16)25(26)27/h2-14,24H,15H2,1H3. The summed E-state index contributed by atoms with van der Waals surface area (Å²) in [5.74, 6) is 0.775. The largest absolute Gasteiger partial charge is 0.493 e. The van der Waals surface area contributed by atoms with Crippen LogP contribution in [0.3, 0.4) is 0 Å². The summed E-state index contributed by atoms with van der Waals surface area (Å²) in [5.41, 5.74) is 1.35. The second-order valence-electron chi connectivity index (χ2n) is 6.59. The molecule has 0 aliphatic heterocycles. The molecule has 0 aliphatic rings. The highest BCUT2D eigenvalue weighted by Crippen LogP contribution is 2.31. The van der Waals surface area contributed by atoms with E-state index in [1.165, 1.54) is 43.5 Å². The number of nitrogens with one attached hydrogen (secondary N) is 1. The van der Waals surface area contributed by atoms with Gasteiger partial charge in [0, 0.05) is 23.2 Å². The SMILES string of the molecule is COc1ccc(NS(=O)(=O)C=Cc2cccc([N+](=O)[O-])c2)cc1OCc1cccc(Cl)c1. The molecule has 0 spiro atoms. The van der Waals surface area contributed by atoms with Crippen molar-refractivity contribution in [1.82, 2.24) is 0 Å². The maximum atomic E-state index is 12.5.